The number of hydrogen-bond donors (Lipinski definition) is 0. The lowest BCUT2D eigenvalue weighted by atomic mass is 9.97. The van der Waals surface area contributed by atoms with E-state index in [9.17, 15) is 13.2 Å². The maximum Gasteiger partial charge on any atom is 0.166 e. The lowest BCUT2D eigenvalue weighted by molar-refractivity contribution is 0.308. The number of ether oxygens (including phenoxy) is 1. The lowest BCUT2D eigenvalue weighted by Gasteiger charge is -2.10. The van der Waals surface area contributed by atoms with Crippen LogP contribution in [-0.4, -0.2) is 6.61 Å². The Morgan fingerprint density at radius 3 is 2.11 bits per heavy atom. The molecule has 35 heavy (non-hydrogen) atoms. The number of benzene rings is 4. The first-order valence-electron chi connectivity index (χ1n) is 11.6. The van der Waals surface area contributed by atoms with E-state index >= 15 is 0 Å². The third-order valence-corrected chi connectivity index (χ3v) is 6.01. The molecule has 0 N–H and O–H groups in total. The summed E-state index contributed by atoms with van der Waals surface area (Å²) >= 11 is 0. The van der Waals surface area contributed by atoms with Crippen LogP contribution in [0.25, 0.3) is 22.3 Å². The van der Waals surface area contributed by atoms with Crippen molar-refractivity contribution in [2.45, 2.75) is 26.2 Å². The standard InChI is InChI=1S/C31H27F3O/c1-3-4-19-35-29-18-16-26(20-28(29)32)23-12-7-22(8-13-23)9-14-25-15-17-27(31(34)30(25)33)24-10-5-21(2)6-11-24/h3,5-8,10-13,15-18,20H,1,4,9,14,19H2,2H3. The molecule has 0 aromatic heterocycles. The predicted molar refractivity (Wildman–Crippen MR) is 136 cm³/mol. The van der Waals surface area contributed by atoms with Crippen LogP contribution in [0.15, 0.2) is 91.5 Å². The summed E-state index contributed by atoms with van der Waals surface area (Å²) in [5, 5.41) is 0. The van der Waals surface area contributed by atoms with Gasteiger partial charge in [-0.2, -0.15) is 0 Å². The molecule has 0 radical (unpaired) electrons. The molecule has 0 aliphatic heterocycles. The third kappa shape index (κ3) is 5.83. The van der Waals surface area contributed by atoms with Crippen LogP contribution >= 0.6 is 0 Å². The minimum absolute atomic E-state index is 0.217. The summed E-state index contributed by atoms with van der Waals surface area (Å²) in [4.78, 5) is 0. The van der Waals surface area contributed by atoms with Crippen molar-refractivity contribution < 1.29 is 17.9 Å². The van der Waals surface area contributed by atoms with Gasteiger partial charge in [-0.25, -0.2) is 13.2 Å². The molecular formula is C31H27F3O. The van der Waals surface area contributed by atoms with Gasteiger partial charge in [-0.3, -0.25) is 0 Å². The molecule has 0 saturated carbocycles. The topological polar surface area (TPSA) is 9.23 Å². The van der Waals surface area contributed by atoms with E-state index in [1.807, 2.05) is 49.4 Å². The maximum absolute atomic E-state index is 14.8. The summed E-state index contributed by atoms with van der Waals surface area (Å²) in [5.74, 6) is -1.82. The molecular weight excluding hydrogens is 445 g/mol. The molecule has 4 aromatic carbocycles. The average Bonchev–Trinajstić information content (AvgIpc) is 2.87. The van der Waals surface area contributed by atoms with Crippen LogP contribution in [0.4, 0.5) is 13.2 Å². The van der Waals surface area contributed by atoms with Crippen molar-refractivity contribution in [3.05, 3.63) is 126 Å². The Labute approximate surface area is 204 Å². The van der Waals surface area contributed by atoms with Crippen LogP contribution in [0.2, 0.25) is 0 Å². The minimum Gasteiger partial charge on any atom is -0.490 e. The molecule has 0 aliphatic rings. The first-order valence-corrected chi connectivity index (χ1v) is 11.6. The van der Waals surface area contributed by atoms with Gasteiger partial charge in [0, 0.05) is 5.56 Å². The van der Waals surface area contributed by atoms with E-state index in [-0.39, 0.29) is 11.3 Å². The highest BCUT2D eigenvalue weighted by molar-refractivity contribution is 5.66. The minimum atomic E-state index is -0.819. The summed E-state index contributed by atoms with van der Waals surface area (Å²) in [6, 6.07) is 23.2. The molecule has 0 spiro atoms. The van der Waals surface area contributed by atoms with Crippen molar-refractivity contribution in [1.82, 2.24) is 0 Å². The Morgan fingerprint density at radius 1 is 0.743 bits per heavy atom. The largest absolute Gasteiger partial charge is 0.490 e. The molecule has 0 heterocycles. The van der Waals surface area contributed by atoms with Crippen LogP contribution < -0.4 is 4.74 Å². The van der Waals surface area contributed by atoms with Gasteiger partial charge in [0.2, 0.25) is 0 Å². The fourth-order valence-corrected chi connectivity index (χ4v) is 3.93. The highest BCUT2D eigenvalue weighted by atomic mass is 19.2. The molecule has 4 aromatic rings. The van der Waals surface area contributed by atoms with Crippen molar-refractivity contribution in [3.8, 4) is 28.0 Å². The molecule has 0 unspecified atom stereocenters. The van der Waals surface area contributed by atoms with E-state index in [0.717, 1.165) is 22.3 Å². The van der Waals surface area contributed by atoms with Crippen LogP contribution in [0, 0.1) is 24.4 Å². The van der Waals surface area contributed by atoms with Gasteiger partial charge in [0.15, 0.2) is 23.2 Å². The van der Waals surface area contributed by atoms with E-state index in [4.69, 9.17) is 4.74 Å². The van der Waals surface area contributed by atoms with E-state index in [1.54, 1.807) is 36.4 Å². The first-order chi connectivity index (χ1) is 17.0. The summed E-state index contributed by atoms with van der Waals surface area (Å²) in [6.07, 6.45) is 3.31. The van der Waals surface area contributed by atoms with Crippen molar-refractivity contribution in [1.29, 1.82) is 0 Å². The van der Waals surface area contributed by atoms with Gasteiger partial charge in [-0.15, -0.1) is 6.58 Å². The Balaban J connectivity index is 1.42. The monoisotopic (exact) mass is 472 g/mol. The summed E-state index contributed by atoms with van der Waals surface area (Å²) < 4.78 is 49.3. The van der Waals surface area contributed by atoms with Crippen LogP contribution in [0.5, 0.6) is 5.75 Å². The number of aryl methyl sites for hydroxylation is 3. The lowest BCUT2D eigenvalue weighted by Crippen LogP contribution is -2.00. The van der Waals surface area contributed by atoms with Gasteiger partial charge < -0.3 is 4.74 Å². The van der Waals surface area contributed by atoms with Crippen molar-refractivity contribution in [2.75, 3.05) is 6.61 Å². The molecule has 0 fully saturated rings. The SMILES string of the molecule is C=CCCOc1ccc(-c2ccc(CCc3ccc(-c4ccc(C)cc4)c(F)c3F)cc2)cc1F. The predicted octanol–water partition coefficient (Wildman–Crippen LogP) is 8.49. The summed E-state index contributed by atoms with van der Waals surface area (Å²) in [5.41, 5.74) is 4.92. The number of halogens is 3. The third-order valence-electron chi connectivity index (χ3n) is 6.01. The van der Waals surface area contributed by atoms with Gasteiger partial charge in [0.05, 0.1) is 6.61 Å². The van der Waals surface area contributed by atoms with Gasteiger partial charge in [-0.1, -0.05) is 78.4 Å². The molecule has 0 amide bonds. The van der Waals surface area contributed by atoms with Gasteiger partial charge in [0.1, 0.15) is 0 Å². The molecule has 0 aliphatic carbocycles. The summed E-state index contributed by atoms with van der Waals surface area (Å²) in [6.45, 7) is 5.95. The molecule has 0 bridgehead atoms. The zero-order valence-corrected chi connectivity index (χ0v) is 19.7. The van der Waals surface area contributed by atoms with E-state index < -0.39 is 17.5 Å². The maximum atomic E-state index is 14.8. The second-order valence-electron chi connectivity index (χ2n) is 8.53. The van der Waals surface area contributed by atoms with Crippen molar-refractivity contribution in [3.63, 3.8) is 0 Å². The van der Waals surface area contributed by atoms with Gasteiger partial charge in [-0.05, 0) is 66.1 Å². The average molecular weight is 473 g/mol. The Kier molecular flexibility index (Phi) is 7.71. The van der Waals surface area contributed by atoms with Gasteiger partial charge >= 0.3 is 0 Å². The highest BCUT2D eigenvalue weighted by Crippen LogP contribution is 2.29. The quantitative estimate of drug-likeness (QED) is 0.175. The van der Waals surface area contributed by atoms with E-state index in [0.29, 0.717) is 37.0 Å². The zero-order valence-electron chi connectivity index (χ0n) is 19.7. The smallest absolute Gasteiger partial charge is 0.166 e. The van der Waals surface area contributed by atoms with Crippen molar-refractivity contribution >= 4 is 0 Å². The van der Waals surface area contributed by atoms with Crippen LogP contribution in [0.3, 0.4) is 0 Å². The van der Waals surface area contributed by atoms with Crippen LogP contribution in [0.1, 0.15) is 23.1 Å². The number of rotatable bonds is 9. The Bertz CT molecular complexity index is 1310. The second kappa shape index (κ2) is 11.1. The Hall–Kier alpha value is -3.79. The van der Waals surface area contributed by atoms with Gasteiger partial charge in [0.25, 0.3) is 0 Å². The molecule has 0 atom stereocenters. The Morgan fingerprint density at radius 2 is 1.43 bits per heavy atom. The highest BCUT2D eigenvalue weighted by Gasteiger charge is 2.15. The molecule has 4 rings (SSSR count). The first kappa shape index (κ1) is 24.3. The molecule has 4 heteroatoms. The fraction of sp³-hybridized carbons (Fsp3) is 0.161. The molecule has 0 saturated heterocycles. The van der Waals surface area contributed by atoms with Crippen LogP contribution in [-0.2, 0) is 12.8 Å². The fourth-order valence-electron chi connectivity index (χ4n) is 3.93. The molecule has 178 valence electrons. The molecule has 1 nitrogen and oxygen atoms in total. The zero-order chi connectivity index (χ0) is 24.8. The number of hydrogen-bond acceptors (Lipinski definition) is 1. The normalized spacial score (nSPS) is 10.9. The van der Waals surface area contributed by atoms with Crippen molar-refractivity contribution in [2.24, 2.45) is 0 Å². The second-order valence-corrected chi connectivity index (χ2v) is 8.53. The van der Waals surface area contributed by atoms with E-state index in [1.165, 1.54) is 6.07 Å². The van der Waals surface area contributed by atoms with E-state index in [2.05, 4.69) is 6.58 Å². The summed E-state index contributed by atoms with van der Waals surface area (Å²) in [7, 11) is 0.